The molecule has 1 saturated heterocycles. The van der Waals surface area contributed by atoms with E-state index in [4.69, 9.17) is 0 Å². The van der Waals surface area contributed by atoms with Crippen molar-refractivity contribution in [2.45, 2.75) is 12.5 Å². The summed E-state index contributed by atoms with van der Waals surface area (Å²) >= 11 is 0. The highest BCUT2D eigenvalue weighted by molar-refractivity contribution is 7.91. The Morgan fingerprint density at radius 2 is 2.22 bits per heavy atom. The summed E-state index contributed by atoms with van der Waals surface area (Å²) in [6, 6.07) is -0.160. The lowest BCUT2D eigenvalue weighted by Gasteiger charge is -2.27. The topological polar surface area (TPSA) is 57.7 Å². The van der Waals surface area contributed by atoms with Crippen LogP contribution in [0.1, 0.15) is 6.42 Å². The molecule has 0 aliphatic carbocycles. The van der Waals surface area contributed by atoms with E-state index in [2.05, 4.69) is 0 Å². The van der Waals surface area contributed by atoms with Crippen molar-refractivity contribution in [2.24, 2.45) is 0 Å². The van der Waals surface area contributed by atoms with Crippen LogP contribution >= 0.6 is 0 Å². The molecule has 1 fully saturated rings. The first-order valence-corrected chi connectivity index (χ1v) is 7.83. The molecule has 6 heteroatoms. The van der Waals surface area contributed by atoms with Gasteiger partial charge < -0.3 is 9.80 Å². The molecule has 5 nitrogen and oxygen atoms in total. The Labute approximate surface area is 108 Å². The summed E-state index contributed by atoms with van der Waals surface area (Å²) in [5, 5.41) is 0. The van der Waals surface area contributed by atoms with Crippen molar-refractivity contribution < 1.29 is 13.2 Å². The maximum atomic E-state index is 12.0. The van der Waals surface area contributed by atoms with Gasteiger partial charge in [-0.1, -0.05) is 12.2 Å². The van der Waals surface area contributed by atoms with Gasteiger partial charge >= 0.3 is 0 Å². The predicted octanol–water partition coefficient (Wildman–Crippen LogP) is 0.0174. The Hall–Kier alpha value is -1.30. The summed E-state index contributed by atoms with van der Waals surface area (Å²) in [5.41, 5.74) is 0. The average Bonchev–Trinajstić information content (AvgIpc) is 2.70. The minimum absolute atomic E-state index is 0.0305. The Kier molecular flexibility index (Phi) is 3.75. The van der Waals surface area contributed by atoms with Crippen LogP contribution in [0.3, 0.4) is 0 Å². The van der Waals surface area contributed by atoms with Gasteiger partial charge in [0.1, 0.15) is 0 Å². The van der Waals surface area contributed by atoms with Crippen molar-refractivity contribution in [2.75, 3.05) is 31.6 Å². The zero-order chi connectivity index (χ0) is 13.2. The molecule has 1 atom stereocenters. The fraction of sp³-hybridized carbons (Fsp3) is 0.583. The third-order valence-corrected chi connectivity index (χ3v) is 5.12. The van der Waals surface area contributed by atoms with E-state index in [-0.39, 0.29) is 23.5 Å². The first-order chi connectivity index (χ1) is 8.48. The zero-order valence-electron chi connectivity index (χ0n) is 10.4. The van der Waals surface area contributed by atoms with Crippen LogP contribution in [-0.2, 0) is 14.6 Å². The molecule has 0 aromatic rings. The Bertz CT molecular complexity index is 482. The lowest BCUT2D eigenvalue weighted by atomic mass is 10.2. The molecule has 2 aliphatic rings. The molecular weight excluding hydrogens is 252 g/mol. The summed E-state index contributed by atoms with van der Waals surface area (Å²) in [6.45, 7) is 1.02. The van der Waals surface area contributed by atoms with Gasteiger partial charge in [-0.25, -0.2) is 8.42 Å². The lowest BCUT2D eigenvalue weighted by Crippen LogP contribution is -2.43. The fourth-order valence-corrected chi connectivity index (χ4v) is 3.97. The van der Waals surface area contributed by atoms with E-state index < -0.39 is 9.84 Å². The Morgan fingerprint density at radius 3 is 2.78 bits per heavy atom. The van der Waals surface area contributed by atoms with Crippen molar-refractivity contribution in [3.8, 4) is 0 Å². The van der Waals surface area contributed by atoms with Crippen LogP contribution in [0.5, 0.6) is 0 Å². The zero-order valence-corrected chi connectivity index (χ0v) is 11.3. The molecule has 2 aliphatic heterocycles. The molecule has 0 spiro atoms. The van der Waals surface area contributed by atoms with Crippen molar-refractivity contribution >= 4 is 15.7 Å². The summed E-state index contributed by atoms with van der Waals surface area (Å²) in [7, 11) is -1.25. The van der Waals surface area contributed by atoms with E-state index in [1.165, 1.54) is 0 Å². The minimum Gasteiger partial charge on any atom is -0.364 e. The van der Waals surface area contributed by atoms with Crippen molar-refractivity contribution in [3.05, 3.63) is 24.4 Å². The molecule has 0 radical (unpaired) electrons. The smallest absolute Gasteiger partial charge is 0.242 e. The Morgan fingerprint density at radius 1 is 1.44 bits per heavy atom. The van der Waals surface area contributed by atoms with Crippen LogP contribution in [0, 0.1) is 0 Å². The highest BCUT2D eigenvalue weighted by Gasteiger charge is 2.32. The average molecular weight is 270 g/mol. The van der Waals surface area contributed by atoms with Crippen LogP contribution < -0.4 is 0 Å². The van der Waals surface area contributed by atoms with Crippen LogP contribution in [0.2, 0.25) is 0 Å². The number of carbonyl (C=O) groups is 1. The number of hydrogen-bond donors (Lipinski definition) is 0. The number of carbonyl (C=O) groups excluding carboxylic acids is 1. The molecule has 1 amide bonds. The number of allylic oxidation sites excluding steroid dienone is 2. The number of likely N-dealkylation sites (N-methyl/N-ethyl adjacent to an activating group) is 1. The monoisotopic (exact) mass is 270 g/mol. The summed E-state index contributed by atoms with van der Waals surface area (Å²) in [6.07, 6.45) is 8.23. The summed E-state index contributed by atoms with van der Waals surface area (Å²) < 4.78 is 22.8. The van der Waals surface area contributed by atoms with Crippen LogP contribution in [0.4, 0.5) is 0 Å². The first-order valence-electron chi connectivity index (χ1n) is 6.01. The third-order valence-electron chi connectivity index (χ3n) is 3.37. The van der Waals surface area contributed by atoms with Gasteiger partial charge in [-0.15, -0.1) is 0 Å². The van der Waals surface area contributed by atoms with Crippen molar-refractivity contribution in [1.29, 1.82) is 0 Å². The molecule has 2 rings (SSSR count). The van der Waals surface area contributed by atoms with Crippen molar-refractivity contribution in [1.82, 2.24) is 9.80 Å². The minimum atomic E-state index is -2.94. The normalized spacial score (nSPS) is 25.4. The van der Waals surface area contributed by atoms with Crippen LogP contribution in [0.15, 0.2) is 24.4 Å². The van der Waals surface area contributed by atoms with Crippen LogP contribution in [-0.4, -0.2) is 61.8 Å². The molecule has 2 heterocycles. The number of amides is 1. The van der Waals surface area contributed by atoms with Crippen LogP contribution in [0.25, 0.3) is 0 Å². The lowest BCUT2D eigenvalue weighted by molar-refractivity contribution is -0.132. The van der Waals surface area contributed by atoms with Gasteiger partial charge in [0.05, 0.1) is 18.1 Å². The second kappa shape index (κ2) is 5.14. The van der Waals surface area contributed by atoms with E-state index in [0.29, 0.717) is 13.0 Å². The van der Waals surface area contributed by atoms with Gasteiger partial charge in [0.2, 0.25) is 5.91 Å². The number of hydrogen-bond acceptors (Lipinski definition) is 4. The Balaban J connectivity index is 1.89. The van der Waals surface area contributed by atoms with E-state index >= 15 is 0 Å². The summed E-state index contributed by atoms with van der Waals surface area (Å²) in [5.74, 6) is 0.268. The predicted molar refractivity (Wildman–Crippen MR) is 69.7 cm³/mol. The van der Waals surface area contributed by atoms with Gasteiger partial charge in [0, 0.05) is 19.6 Å². The summed E-state index contributed by atoms with van der Waals surface area (Å²) in [4.78, 5) is 15.5. The number of nitrogens with zero attached hydrogens (tertiary/aromatic N) is 2. The van der Waals surface area contributed by atoms with Gasteiger partial charge in [-0.05, 0) is 18.7 Å². The van der Waals surface area contributed by atoms with Crippen molar-refractivity contribution in [3.63, 3.8) is 0 Å². The van der Waals surface area contributed by atoms with Gasteiger partial charge in [-0.2, -0.15) is 0 Å². The molecule has 0 saturated carbocycles. The van der Waals surface area contributed by atoms with E-state index in [1.807, 2.05) is 29.3 Å². The second-order valence-corrected chi connectivity index (χ2v) is 6.99. The highest BCUT2D eigenvalue weighted by Crippen LogP contribution is 2.16. The quantitative estimate of drug-likeness (QED) is 0.725. The molecule has 18 heavy (non-hydrogen) atoms. The van der Waals surface area contributed by atoms with E-state index in [1.54, 1.807) is 11.9 Å². The molecular formula is C12H18N2O3S. The SMILES string of the molecule is CN(C(=O)CN1C=CC=CC1)C1CCS(=O)(=O)C1. The molecule has 0 bridgehead atoms. The number of rotatable bonds is 3. The highest BCUT2D eigenvalue weighted by atomic mass is 32.2. The van der Waals surface area contributed by atoms with Gasteiger partial charge in [0.25, 0.3) is 0 Å². The third kappa shape index (κ3) is 3.13. The molecule has 1 unspecified atom stereocenters. The maximum Gasteiger partial charge on any atom is 0.242 e. The first kappa shape index (κ1) is 13.1. The standard InChI is InChI=1S/C12H18N2O3S/c1-13(11-5-8-18(16,17)10-11)12(15)9-14-6-3-2-4-7-14/h2-4,6,11H,5,7-10H2,1H3. The fourth-order valence-electron chi connectivity index (χ4n) is 2.19. The second-order valence-electron chi connectivity index (χ2n) is 4.76. The van der Waals surface area contributed by atoms with E-state index in [0.717, 1.165) is 6.54 Å². The number of sulfone groups is 1. The largest absolute Gasteiger partial charge is 0.364 e. The molecule has 0 aromatic carbocycles. The van der Waals surface area contributed by atoms with Gasteiger partial charge in [0.15, 0.2) is 9.84 Å². The molecule has 100 valence electrons. The maximum absolute atomic E-state index is 12.0. The molecule has 0 N–H and O–H groups in total. The van der Waals surface area contributed by atoms with E-state index in [9.17, 15) is 13.2 Å². The van der Waals surface area contributed by atoms with Gasteiger partial charge in [-0.3, -0.25) is 4.79 Å². The molecule has 0 aromatic heterocycles.